The second-order valence-electron chi connectivity index (χ2n) is 5.72. The summed E-state index contributed by atoms with van der Waals surface area (Å²) in [5.74, 6) is 1.73. The van der Waals surface area contributed by atoms with Crippen LogP contribution in [0.25, 0.3) is 10.2 Å². The number of hydrogen-bond donors (Lipinski definition) is 0. The Labute approximate surface area is 173 Å². The van der Waals surface area contributed by atoms with Crippen molar-refractivity contribution in [2.75, 3.05) is 19.1 Å². The van der Waals surface area contributed by atoms with Gasteiger partial charge in [0.2, 0.25) is 0 Å². The molecule has 0 radical (unpaired) electrons. The van der Waals surface area contributed by atoms with Crippen molar-refractivity contribution in [2.24, 2.45) is 0 Å². The molecule has 4 rings (SSSR count). The number of thiazole rings is 1. The van der Waals surface area contributed by atoms with E-state index >= 15 is 0 Å². The van der Waals surface area contributed by atoms with Crippen LogP contribution in [0.2, 0.25) is 4.34 Å². The van der Waals surface area contributed by atoms with Crippen LogP contribution in [0.1, 0.15) is 15.4 Å². The third-order valence-electron chi connectivity index (χ3n) is 4.05. The number of carbonyl (C=O) groups excluding carboxylic acids is 1. The summed E-state index contributed by atoms with van der Waals surface area (Å²) in [4.78, 5) is 20.0. The van der Waals surface area contributed by atoms with Gasteiger partial charge in [-0.2, -0.15) is 0 Å². The van der Waals surface area contributed by atoms with Gasteiger partial charge in [-0.3, -0.25) is 9.69 Å². The second kappa shape index (κ2) is 7.83. The van der Waals surface area contributed by atoms with E-state index in [9.17, 15) is 4.79 Å². The van der Waals surface area contributed by atoms with Crippen LogP contribution >= 0.6 is 34.3 Å². The average Bonchev–Trinajstić information content (AvgIpc) is 3.45. The Balaban J connectivity index is 1.82. The van der Waals surface area contributed by atoms with Crippen LogP contribution in [-0.2, 0) is 6.54 Å². The zero-order valence-corrected chi connectivity index (χ0v) is 17.4. The normalized spacial score (nSPS) is 11.0. The van der Waals surface area contributed by atoms with Crippen molar-refractivity contribution in [3.05, 3.63) is 57.6 Å². The van der Waals surface area contributed by atoms with E-state index in [-0.39, 0.29) is 12.5 Å². The van der Waals surface area contributed by atoms with Crippen molar-refractivity contribution in [2.45, 2.75) is 6.54 Å². The third-order valence-corrected chi connectivity index (χ3v) is 6.37. The number of benzene rings is 1. The molecule has 0 unspecified atom stereocenters. The van der Waals surface area contributed by atoms with Gasteiger partial charge >= 0.3 is 0 Å². The number of fused-ring (bicyclic) bond motifs is 1. The zero-order valence-electron chi connectivity index (χ0n) is 15.0. The highest BCUT2D eigenvalue weighted by Crippen LogP contribution is 2.41. The molecule has 9 heteroatoms. The summed E-state index contributed by atoms with van der Waals surface area (Å²) in [5.41, 5.74) is 0.642. The van der Waals surface area contributed by atoms with Crippen molar-refractivity contribution in [3.8, 4) is 11.5 Å². The molecule has 0 saturated carbocycles. The molecular weight excluding hydrogens is 420 g/mol. The highest BCUT2D eigenvalue weighted by atomic mass is 35.5. The van der Waals surface area contributed by atoms with E-state index in [0.29, 0.717) is 37.1 Å². The lowest BCUT2D eigenvalue weighted by molar-refractivity contribution is 0.0987. The number of carbonyl (C=O) groups is 1. The molecular formula is C19H15ClN2O4S2. The molecule has 0 spiro atoms. The molecule has 1 aromatic carbocycles. The van der Waals surface area contributed by atoms with Crippen LogP contribution in [0, 0.1) is 0 Å². The lowest BCUT2D eigenvalue weighted by atomic mass is 10.3. The highest BCUT2D eigenvalue weighted by molar-refractivity contribution is 7.23. The van der Waals surface area contributed by atoms with Crippen molar-refractivity contribution >= 4 is 55.5 Å². The van der Waals surface area contributed by atoms with E-state index in [1.807, 2.05) is 12.1 Å². The molecule has 0 atom stereocenters. The molecule has 1 amide bonds. The molecule has 0 fully saturated rings. The van der Waals surface area contributed by atoms with Gasteiger partial charge in [-0.25, -0.2) is 4.98 Å². The summed E-state index contributed by atoms with van der Waals surface area (Å²) < 4.78 is 17.7. The van der Waals surface area contributed by atoms with E-state index in [2.05, 4.69) is 4.98 Å². The summed E-state index contributed by atoms with van der Waals surface area (Å²) in [6.07, 6.45) is 1.57. The standard InChI is InChI=1S/C19H15ClN2O4S2/c1-24-12-5-6-13(25-2)17-16(12)21-19(28-17)22(10-11-4-3-9-26-11)18(23)14-7-8-15(20)27-14/h3-9H,10H2,1-2H3. The molecule has 0 bridgehead atoms. The Morgan fingerprint density at radius 2 is 1.93 bits per heavy atom. The predicted molar refractivity (Wildman–Crippen MR) is 111 cm³/mol. The molecule has 3 aromatic heterocycles. The van der Waals surface area contributed by atoms with Crippen molar-refractivity contribution in [1.82, 2.24) is 4.98 Å². The minimum Gasteiger partial charge on any atom is -0.495 e. The molecule has 0 aliphatic heterocycles. The molecule has 28 heavy (non-hydrogen) atoms. The van der Waals surface area contributed by atoms with Crippen LogP contribution in [0.3, 0.4) is 0 Å². The van der Waals surface area contributed by atoms with Gasteiger partial charge < -0.3 is 13.9 Å². The van der Waals surface area contributed by atoms with Crippen LogP contribution in [0.5, 0.6) is 11.5 Å². The zero-order chi connectivity index (χ0) is 19.7. The number of anilines is 1. The van der Waals surface area contributed by atoms with Gasteiger partial charge in [-0.1, -0.05) is 22.9 Å². The molecule has 144 valence electrons. The first kappa shape index (κ1) is 18.8. The van der Waals surface area contributed by atoms with Crippen LogP contribution in [0.4, 0.5) is 5.13 Å². The Morgan fingerprint density at radius 3 is 2.57 bits per heavy atom. The molecule has 0 aliphatic rings. The number of furan rings is 1. The van der Waals surface area contributed by atoms with E-state index < -0.39 is 0 Å². The number of methoxy groups -OCH3 is 2. The maximum absolute atomic E-state index is 13.2. The number of thiophene rings is 1. The molecule has 3 heterocycles. The largest absolute Gasteiger partial charge is 0.495 e. The van der Waals surface area contributed by atoms with Gasteiger partial charge in [0.1, 0.15) is 27.5 Å². The van der Waals surface area contributed by atoms with Crippen LogP contribution in [0.15, 0.2) is 47.1 Å². The topological polar surface area (TPSA) is 64.8 Å². The number of rotatable bonds is 6. The summed E-state index contributed by atoms with van der Waals surface area (Å²) >= 11 is 8.61. The fourth-order valence-corrected chi connectivity index (χ4v) is 4.80. The monoisotopic (exact) mass is 434 g/mol. The van der Waals surface area contributed by atoms with Crippen molar-refractivity contribution in [1.29, 1.82) is 0 Å². The summed E-state index contributed by atoms with van der Waals surface area (Å²) in [6.45, 7) is 0.242. The lowest BCUT2D eigenvalue weighted by Gasteiger charge is -2.17. The van der Waals surface area contributed by atoms with Crippen molar-refractivity contribution in [3.63, 3.8) is 0 Å². The second-order valence-corrected chi connectivity index (χ2v) is 8.41. The number of aromatic nitrogens is 1. The first-order chi connectivity index (χ1) is 13.6. The average molecular weight is 435 g/mol. The summed E-state index contributed by atoms with van der Waals surface area (Å²) in [7, 11) is 3.18. The fraction of sp³-hybridized carbons (Fsp3) is 0.158. The summed E-state index contributed by atoms with van der Waals surface area (Å²) in [5, 5.41) is 0.517. The van der Waals surface area contributed by atoms with E-state index in [1.54, 1.807) is 49.6 Å². The van der Waals surface area contributed by atoms with Gasteiger partial charge in [-0.05, 0) is 36.4 Å². The SMILES string of the molecule is COc1ccc(OC)c2sc(N(Cc3ccco3)C(=O)c3ccc(Cl)s3)nc12. The summed E-state index contributed by atoms with van der Waals surface area (Å²) in [6, 6.07) is 10.6. The first-order valence-electron chi connectivity index (χ1n) is 8.22. The Morgan fingerprint density at radius 1 is 1.14 bits per heavy atom. The maximum atomic E-state index is 13.2. The molecule has 0 saturated heterocycles. The van der Waals surface area contributed by atoms with Crippen LogP contribution in [-0.4, -0.2) is 25.1 Å². The number of nitrogens with zero attached hydrogens (tertiary/aromatic N) is 2. The van der Waals surface area contributed by atoms with Gasteiger partial charge in [0.15, 0.2) is 5.13 Å². The third kappa shape index (κ3) is 3.46. The lowest BCUT2D eigenvalue weighted by Crippen LogP contribution is -2.29. The number of amides is 1. The minimum absolute atomic E-state index is 0.203. The van der Waals surface area contributed by atoms with Crippen molar-refractivity contribution < 1.29 is 18.7 Å². The first-order valence-corrected chi connectivity index (χ1v) is 10.2. The Bertz CT molecular complexity index is 1080. The van der Waals surface area contributed by atoms with Crippen LogP contribution < -0.4 is 14.4 Å². The van der Waals surface area contributed by atoms with Gasteiger partial charge in [0.05, 0.1) is 36.2 Å². The Hall–Kier alpha value is -2.55. The number of halogens is 1. The van der Waals surface area contributed by atoms with Gasteiger partial charge in [0.25, 0.3) is 5.91 Å². The Kier molecular flexibility index (Phi) is 5.25. The quantitative estimate of drug-likeness (QED) is 0.402. The fourth-order valence-electron chi connectivity index (χ4n) is 2.74. The maximum Gasteiger partial charge on any atom is 0.270 e. The molecule has 0 aliphatic carbocycles. The number of ether oxygens (including phenoxy) is 2. The smallest absolute Gasteiger partial charge is 0.270 e. The number of hydrogen-bond acceptors (Lipinski definition) is 7. The van der Waals surface area contributed by atoms with E-state index in [1.165, 1.54) is 22.7 Å². The highest BCUT2D eigenvalue weighted by Gasteiger charge is 2.25. The van der Waals surface area contributed by atoms with Gasteiger partial charge in [0, 0.05) is 0 Å². The van der Waals surface area contributed by atoms with Gasteiger partial charge in [-0.15, -0.1) is 11.3 Å². The molecule has 6 nitrogen and oxygen atoms in total. The van der Waals surface area contributed by atoms with E-state index in [0.717, 1.165) is 4.70 Å². The predicted octanol–water partition coefficient (Wildman–Crippen LogP) is 5.47. The minimum atomic E-state index is -0.203. The molecule has 0 N–H and O–H groups in total. The van der Waals surface area contributed by atoms with E-state index in [4.69, 9.17) is 25.5 Å². The molecule has 4 aromatic rings.